The molecule has 0 radical (unpaired) electrons. The normalized spacial score (nSPS) is 22.5. The Hall–Kier alpha value is -0.820. The van der Waals surface area contributed by atoms with E-state index in [0.717, 1.165) is 18.4 Å². The third kappa shape index (κ3) is 2.95. The van der Waals surface area contributed by atoms with E-state index in [4.69, 9.17) is 0 Å². The van der Waals surface area contributed by atoms with Gasteiger partial charge in [0.2, 0.25) is 0 Å². The third-order valence-electron chi connectivity index (χ3n) is 3.91. The Morgan fingerprint density at radius 3 is 2.78 bits per heavy atom. The minimum absolute atomic E-state index is 0.576. The van der Waals surface area contributed by atoms with E-state index < -0.39 is 0 Å². The lowest BCUT2D eigenvalue weighted by Gasteiger charge is -2.19. The van der Waals surface area contributed by atoms with Gasteiger partial charge in [0.15, 0.2) is 0 Å². The summed E-state index contributed by atoms with van der Waals surface area (Å²) in [6.45, 7) is 10.3. The van der Waals surface area contributed by atoms with E-state index in [9.17, 15) is 0 Å². The highest BCUT2D eigenvalue weighted by Gasteiger charge is 2.28. The van der Waals surface area contributed by atoms with Gasteiger partial charge in [0.1, 0.15) is 0 Å². The van der Waals surface area contributed by atoms with Crippen LogP contribution in [0.5, 0.6) is 0 Å². The topological polar surface area (TPSA) is 12.0 Å². The fraction of sp³-hybridized carbons (Fsp3) is 0.647. The Morgan fingerprint density at radius 1 is 1.33 bits per heavy atom. The molecule has 1 aromatic rings. The smallest absolute Gasteiger partial charge is 0.0352 e. The van der Waals surface area contributed by atoms with Crippen LogP contribution in [-0.4, -0.2) is 6.54 Å². The Labute approximate surface area is 112 Å². The molecule has 1 N–H and O–H groups in total. The molecule has 2 atom stereocenters. The SMILES string of the molecule is CCCNC1c2cc(CC(C)C)ccc2CC1C. The molecule has 100 valence electrons. The quantitative estimate of drug-likeness (QED) is 0.823. The minimum Gasteiger partial charge on any atom is -0.310 e. The van der Waals surface area contributed by atoms with Crippen molar-refractivity contribution in [1.82, 2.24) is 5.32 Å². The average molecular weight is 245 g/mol. The number of nitrogens with one attached hydrogen (secondary N) is 1. The number of fused-ring (bicyclic) bond motifs is 1. The zero-order valence-electron chi connectivity index (χ0n) is 12.3. The lowest BCUT2D eigenvalue weighted by molar-refractivity contribution is 0.417. The van der Waals surface area contributed by atoms with Crippen molar-refractivity contribution in [2.24, 2.45) is 11.8 Å². The van der Waals surface area contributed by atoms with E-state index in [1.165, 1.54) is 24.8 Å². The van der Waals surface area contributed by atoms with Crippen LogP contribution in [-0.2, 0) is 12.8 Å². The van der Waals surface area contributed by atoms with E-state index in [2.05, 4.69) is 51.2 Å². The summed E-state index contributed by atoms with van der Waals surface area (Å²) in [4.78, 5) is 0. The molecule has 0 fully saturated rings. The first-order valence-electron chi connectivity index (χ1n) is 7.47. The van der Waals surface area contributed by atoms with Gasteiger partial charge in [-0.05, 0) is 54.3 Å². The van der Waals surface area contributed by atoms with E-state index in [1.807, 2.05) is 0 Å². The average Bonchev–Trinajstić information content (AvgIpc) is 2.61. The Balaban J connectivity index is 2.19. The van der Waals surface area contributed by atoms with Crippen LogP contribution in [0.15, 0.2) is 18.2 Å². The second-order valence-corrected chi connectivity index (χ2v) is 6.24. The monoisotopic (exact) mass is 245 g/mol. The molecule has 0 amide bonds. The second kappa shape index (κ2) is 5.88. The molecule has 0 bridgehead atoms. The van der Waals surface area contributed by atoms with Crippen molar-refractivity contribution in [3.63, 3.8) is 0 Å². The highest BCUT2D eigenvalue weighted by Crippen LogP contribution is 2.36. The van der Waals surface area contributed by atoms with Crippen LogP contribution in [0, 0.1) is 11.8 Å². The molecule has 0 aromatic heterocycles. The number of hydrogen-bond donors (Lipinski definition) is 1. The number of hydrogen-bond acceptors (Lipinski definition) is 1. The predicted octanol–water partition coefficient (Wildman–Crippen LogP) is 4.12. The summed E-state index contributed by atoms with van der Waals surface area (Å²) in [5.41, 5.74) is 4.62. The lowest BCUT2D eigenvalue weighted by atomic mass is 9.97. The van der Waals surface area contributed by atoms with Crippen molar-refractivity contribution in [3.8, 4) is 0 Å². The molecule has 0 saturated carbocycles. The maximum atomic E-state index is 3.72. The summed E-state index contributed by atoms with van der Waals surface area (Å²) < 4.78 is 0. The van der Waals surface area contributed by atoms with Gasteiger partial charge in [-0.15, -0.1) is 0 Å². The van der Waals surface area contributed by atoms with Gasteiger partial charge in [0, 0.05) is 6.04 Å². The molecule has 1 aliphatic carbocycles. The lowest BCUT2D eigenvalue weighted by Crippen LogP contribution is -2.24. The van der Waals surface area contributed by atoms with Gasteiger partial charge in [-0.3, -0.25) is 0 Å². The Kier molecular flexibility index (Phi) is 4.45. The zero-order chi connectivity index (χ0) is 13.1. The second-order valence-electron chi connectivity index (χ2n) is 6.24. The first-order chi connectivity index (χ1) is 8.61. The standard InChI is InChI=1S/C17H27N/c1-5-8-18-17-13(4)10-15-7-6-14(9-12(2)3)11-16(15)17/h6-7,11-13,17-18H,5,8-10H2,1-4H3. The van der Waals surface area contributed by atoms with Crippen LogP contribution in [0.2, 0.25) is 0 Å². The van der Waals surface area contributed by atoms with Crippen LogP contribution in [0.4, 0.5) is 0 Å². The van der Waals surface area contributed by atoms with E-state index in [0.29, 0.717) is 6.04 Å². The van der Waals surface area contributed by atoms with Crippen LogP contribution in [0.25, 0.3) is 0 Å². The van der Waals surface area contributed by atoms with Crippen molar-refractivity contribution in [2.75, 3.05) is 6.54 Å². The summed E-state index contributed by atoms with van der Waals surface area (Å²) in [7, 11) is 0. The number of rotatable bonds is 5. The predicted molar refractivity (Wildman–Crippen MR) is 78.9 cm³/mol. The highest BCUT2D eigenvalue weighted by atomic mass is 14.9. The molecular weight excluding hydrogens is 218 g/mol. The van der Waals surface area contributed by atoms with Crippen LogP contribution >= 0.6 is 0 Å². The van der Waals surface area contributed by atoms with E-state index in [-0.39, 0.29) is 0 Å². The van der Waals surface area contributed by atoms with Crippen LogP contribution in [0.3, 0.4) is 0 Å². The summed E-state index contributed by atoms with van der Waals surface area (Å²) in [5.74, 6) is 1.48. The minimum atomic E-state index is 0.576. The fourth-order valence-corrected chi connectivity index (χ4v) is 3.10. The molecule has 1 aliphatic rings. The first kappa shape index (κ1) is 13.6. The fourth-order valence-electron chi connectivity index (χ4n) is 3.10. The summed E-state index contributed by atoms with van der Waals surface area (Å²) >= 11 is 0. The molecule has 0 heterocycles. The molecule has 1 aromatic carbocycles. The van der Waals surface area contributed by atoms with Gasteiger partial charge in [0.05, 0.1) is 0 Å². The van der Waals surface area contributed by atoms with Crippen molar-refractivity contribution in [1.29, 1.82) is 0 Å². The van der Waals surface area contributed by atoms with Crippen molar-refractivity contribution in [2.45, 2.75) is 53.0 Å². The van der Waals surface area contributed by atoms with Gasteiger partial charge in [-0.1, -0.05) is 45.9 Å². The molecule has 0 spiro atoms. The van der Waals surface area contributed by atoms with Gasteiger partial charge >= 0.3 is 0 Å². The zero-order valence-corrected chi connectivity index (χ0v) is 12.3. The summed E-state index contributed by atoms with van der Waals surface area (Å²) in [5, 5.41) is 3.72. The van der Waals surface area contributed by atoms with Gasteiger partial charge in [-0.25, -0.2) is 0 Å². The largest absolute Gasteiger partial charge is 0.310 e. The van der Waals surface area contributed by atoms with Crippen molar-refractivity contribution < 1.29 is 0 Å². The molecule has 2 rings (SSSR count). The molecule has 0 aliphatic heterocycles. The molecule has 0 saturated heterocycles. The molecule has 2 unspecified atom stereocenters. The van der Waals surface area contributed by atoms with E-state index in [1.54, 1.807) is 11.1 Å². The molecule has 1 nitrogen and oxygen atoms in total. The van der Waals surface area contributed by atoms with Crippen LogP contribution < -0.4 is 5.32 Å². The van der Waals surface area contributed by atoms with Crippen molar-refractivity contribution >= 4 is 0 Å². The van der Waals surface area contributed by atoms with Crippen LogP contribution in [0.1, 0.15) is 56.8 Å². The number of benzene rings is 1. The maximum absolute atomic E-state index is 3.72. The first-order valence-corrected chi connectivity index (χ1v) is 7.47. The third-order valence-corrected chi connectivity index (χ3v) is 3.91. The van der Waals surface area contributed by atoms with Gasteiger partial charge < -0.3 is 5.32 Å². The summed E-state index contributed by atoms with van der Waals surface area (Å²) in [6.07, 6.45) is 3.64. The maximum Gasteiger partial charge on any atom is 0.0352 e. The molecule has 18 heavy (non-hydrogen) atoms. The molecular formula is C17H27N. The van der Waals surface area contributed by atoms with E-state index >= 15 is 0 Å². The van der Waals surface area contributed by atoms with Gasteiger partial charge in [-0.2, -0.15) is 0 Å². The highest BCUT2D eigenvalue weighted by molar-refractivity contribution is 5.39. The Morgan fingerprint density at radius 2 is 2.11 bits per heavy atom. The van der Waals surface area contributed by atoms with Gasteiger partial charge in [0.25, 0.3) is 0 Å². The molecule has 1 heteroatoms. The van der Waals surface area contributed by atoms with Crippen molar-refractivity contribution in [3.05, 3.63) is 34.9 Å². The summed E-state index contributed by atoms with van der Waals surface area (Å²) in [6, 6.07) is 7.71. The Bertz CT molecular complexity index is 395.